The molecule has 18 heavy (non-hydrogen) atoms. The zero-order valence-electron chi connectivity index (χ0n) is 9.74. The number of hydrogen-bond acceptors (Lipinski definition) is 4. The molecular weight excluding hydrogens is 327 g/mol. The number of anilines is 1. The van der Waals surface area contributed by atoms with E-state index in [4.69, 9.17) is 10.5 Å². The fraction of sp³-hybridized carbons (Fsp3) is 0.400. The molecule has 0 spiro atoms. The van der Waals surface area contributed by atoms with E-state index in [-0.39, 0.29) is 16.7 Å². The van der Waals surface area contributed by atoms with Gasteiger partial charge in [0.1, 0.15) is 4.90 Å². The van der Waals surface area contributed by atoms with E-state index in [1.54, 1.807) is 0 Å². The first-order valence-corrected chi connectivity index (χ1v) is 7.39. The van der Waals surface area contributed by atoms with Crippen molar-refractivity contribution in [2.75, 3.05) is 26.0 Å². The Morgan fingerprint density at radius 3 is 2.78 bits per heavy atom. The SMILES string of the molecule is COCCCNS(=O)(=O)c1cc(N)cc(Br)c1F. The highest BCUT2D eigenvalue weighted by molar-refractivity contribution is 9.10. The molecule has 8 heteroatoms. The molecular formula is C10H14BrFN2O3S. The molecule has 0 radical (unpaired) electrons. The van der Waals surface area contributed by atoms with Crippen molar-refractivity contribution < 1.29 is 17.5 Å². The second-order valence-corrected chi connectivity index (χ2v) is 6.15. The van der Waals surface area contributed by atoms with Crippen LogP contribution in [0.1, 0.15) is 6.42 Å². The second kappa shape index (κ2) is 6.46. The molecule has 0 unspecified atom stereocenters. The van der Waals surface area contributed by atoms with E-state index in [9.17, 15) is 12.8 Å². The summed E-state index contributed by atoms with van der Waals surface area (Å²) in [5, 5.41) is 0. The zero-order valence-corrected chi connectivity index (χ0v) is 12.1. The molecule has 1 aromatic rings. The first-order chi connectivity index (χ1) is 8.38. The molecule has 0 aromatic heterocycles. The van der Waals surface area contributed by atoms with Crippen LogP contribution < -0.4 is 10.5 Å². The van der Waals surface area contributed by atoms with Gasteiger partial charge in [0, 0.05) is 25.9 Å². The van der Waals surface area contributed by atoms with Crippen LogP contribution in [0.15, 0.2) is 21.5 Å². The largest absolute Gasteiger partial charge is 0.399 e. The molecule has 102 valence electrons. The standard InChI is InChI=1S/C10H14BrFN2O3S/c1-17-4-2-3-14-18(15,16)9-6-7(13)5-8(11)10(9)12/h5-6,14H,2-4,13H2,1H3. The smallest absolute Gasteiger partial charge is 0.243 e. The summed E-state index contributed by atoms with van der Waals surface area (Å²) in [6.45, 7) is 0.591. The summed E-state index contributed by atoms with van der Waals surface area (Å²) in [6.07, 6.45) is 0.501. The Hall–Kier alpha value is -0.700. The molecule has 3 N–H and O–H groups in total. The fourth-order valence-corrected chi connectivity index (χ4v) is 3.09. The number of ether oxygens (including phenoxy) is 1. The topological polar surface area (TPSA) is 81.4 Å². The van der Waals surface area contributed by atoms with Gasteiger partial charge < -0.3 is 10.5 Å². The van der Waals surface area contributed by atoms with Crippen LogP contribution in [0.25, 0.3) is 0 Å². The summed E-state index contributed by atoms with van der Waals surface area (Å²) in [5.41, 5.74) is 5.66. The minimum absolute atomic E-state index is 0.0137. The van der Waals surface area contributed by atoms with Gasteiger partial charge in [-0.15, -0.1) is 0 Å². The van der Waals surface area contributed by atoms with Crippen molar-refractivity contribution in [1.82, 2.24) is 4.72 Å². The molecule has 0 amide bonds. The molecule has 0 aliphatic carbocycles. The number of nitrogen functional groups attached to an aromatic ring is 1. The monoisotopic (exact) mass is 340 g/mol. The summed E-state index contributed by atoms with van der Waals surface area (Å²) in [7, 11) is -2.39. The first kappa shape index (κ1) is 15.4. The van der Waals surface area contributed by atoms with Crippen LogP contribution in [0.2, 0.25) is 0 Å². The minimum atomic E-state index is -3.91. The van der Waals surface area contributed by atoms with Gasteiger partial charge in [-0.2, -0.15) is 0 Å². The molecule has 0 saturated heterocycles. The number of hydrogen-bond donors (Lipinski definition) is 2. The van der Waals surface area contributed by atoms with Crippen LogP contribution in [0.5, 0.6) is 0 Å². The third-order valence-corrected chi connectivity index (χ3v) is 4.16. The van der Waals surface area contributed by atoms with Crippen molar-refractivity contribution in [3.05, 3.63) is 22.4 Å². The number of benzene rings is 1. The molecule has 1 aromatic carbocycles. The van der Waals surface area contributed by atoms with Gasteiger partial charge in [0.15, 0.2) is 5.82 Å². The maximum atomic E-state index is 13.7. The molecule has 0 aliphatic rings. The highest BCUT2D eigenvalue weighted by atomic mass is 79.9. The first-order valence-electron chi connectivity index (χ1n) is 5.11. The van der Waals surface area contributed by atoms with Crippen LogP contribution in [0.3, 0.4) is 0 Å². The number of nitrogens with one attached hydrogen (secondary N) is 1. The summed E-state index contributed by atoms with van der Waals surface area (Å²) < 4.78 is 44.5. The van der Waals surface area contributed by atoms with E-state index >= 15 is 0 Å². The Balaban J connectivity index is 2.91. The van der Waals surface area contributed by atoms with Crippen LogP contribution in [-0.2, 0) is 14.8 Å². The van der Waals surface area contributed by atoms with E-state index in [2.05, 4.69) is 20.7 Å². The van der Waals surface area contributed by atoms with Gasteiger partial charge in [0.05, 0.1) is 4.47 Å². The number of sulfonamides is 1. The van der Waals surface area contributed by atoms with E-state index in [0.29, 0.717) is 13.0 Å². The van der Waals surface area contributed by atoms with Crippen molar-refractivity contribution in [3.63, 3.8) is 0 Å². The maximum Gasteiger partial charge on any atom is 0.243 e. The average molecular weight is 341 g/mol. The lowest BCUT2D eigenvalue weighted by molar-refractivity contribution is 0.196. The Bertz CT molecular complexity index is 522. The van der Waals surface area contributed by atoms with Gasteiger partial charge in [0.25, 0.3) is 0 Å². The third-order valence-electron chi connectivity index (χ3n) is 2.12. The molecule has 0 heterocycles. The van der Waals surface area contributed by atoms with Crippen LogP contribution >= 0.6 is 15.9 Å². The lowest BCUT2D eigenvalue weighted by Crippen LogP contribution is -2.26. The number of rotatable bonds is 6. The van der Waals surface area contributed by atoms with Gasteiger partial charge in [0.2, 0.25) is 10.0 Å². The van der Waals surface area contributed by atoms with Gasteiger partial charge >= 0.3 is 0 Å². The minimum Gasteiger partial charge on any atom is -0.399 e. The second-order valence-electron chi connectivity index (χ2n) is 3.56. The summed E-state index contributed by atoms with van der Waals surface area (Å²) in [6, 6.07) is 2.39. The molecule has 0 atom stereocenters. The average Bonchev–Trinajstić information content (AvgIpc) is 2.29. The molecule has 0 aliphatic heterocycles. The van der Waals surface area contributed by atoms with Crippen LogP contribution in [0.4, 0.5) is 10.1 Å². The maximum absolute atomic E-state index is 13.7. The third kappa shape index (κ3) is 3.91. The van der Waals surface area contributed by atoms with E-state index in [1.807, 2.05) is 0 Å². The van der Waals surface area contributed by atoms with Crippen molar-refractivity contribution >= 4 is 31.6 Å². The Labute approximate surface area is 114 Å². The van der Waals surface area contributed by atoms with Crippen molar-refractivity contribution in [1.29, 1.82) is 0 Å². The Kier molecular flexibility index (Phi) is 5.51. The van der Waals surface area contributed by atoms with Crippen molar-refractivity contribution in [3.8, 4) is 0 Å². The quantitative estimate of drug-likeness (QED) is 0.607. The Morgan fingerprint density at radius 1 is 1.50 bits per heavy atom. The van der Waals surface area contributed by atoms with E-state index < -0.39 is 20.7 Å². The molecule has 5 nitrogen and oxygen atoms in total. The Morgan fingerprint density at radius 2 is 2.17 bits per heavy atom. The van der Waals surface area contributed by atoms with Gasteiger partial charge in [-0.05, 0) is 34.5 Å². The fourth-order valence-electron chi connectivity index (χ4n) is 1.28. The number of nitrogens with two attached hydrogens (primary N) is 1. The lowest BCUT2D eigenvalue weighted by Gasteiger charge is -2.09. The van der Waals surface area contributed by atoms with Gasteiger partial charge in [-0.3, -0.25) is 0 Å². The molecule has 0 saturated carbocycles. The molecule has 0 bridgehead atoms. The van der Waals surface area contributed by atoms with Crippen molar-refractivity contribution in [2.24, 2.45) is 0 Å². The summed E-state index contributed by atoms with van der Waals surface area (Å²) in [5.74, 6) is -0.858. The van der Waals surface area contributed by atoms with Crippen molar-refractivity contribution in [2.45, 2.75) is 11.3 Å². The molecule has 0 fully saturated rings. The summed E-state index contributed by atoms with van der Waals surface area (Å²) in [4.78, 5) is -0.466. The predicted molar refractivity (Wildman–Crippen MR) is 70.2 cm³/mol. The zero-order chi connectivity index (χ0) is 13.8. The highest BCUT2D eigenvalue weighted by Crippen LogP contribution is 2.25. The molecule has 1 rings (SSSR count). The highest BCUT2D eigenvalue weighted by Gasteiger charge is 2.21. The van der Waals surface area contributed by atoms with Crippen LogP contribution in [-0.4, -0.2) is 28.7 Å². The van der Waals surface area contributed by atoms with E-state index in [1.165, 1.54) is 13.2 Å². The van der Waals surface area contributed by atoms with Gasteiger partial charge in [-0.25, -0.2) is 17.5 Å². The number of halogens is 2. The van der Waals surface area contributed by atoms with Gasteiger partial charge in [-0.1, -0.05) is 0 Å². The van der Waals surface area contributed by atoms with Crippen LogP contribution in [0, 0.1) is 5.82 Å². The number of methoxy groups -OCH3 is 1. The lowest BCUT2D eigenvalue weighted by atomic mass is 10.3. The summed E-state index contributed by atoms with van der Waals surface area (Å²) >= 11 is 2.92. The van der Waals surface area contributed by atoms with E-state index in [0.717, 1.165) is 6.07 Å². The predicted octanol–water partition coefficient (Wildman–Crippen LogP) is 1.49. The normalized spacial score (nSPS) is 11.7.